The molecule has 0 saturated heterocycles. The number of hydrogen-bond acceptors (Lipinski definition) is 3. The number of aryl methyl sites for hydroxylation is 1. The Labute approximate surface area is 139 Å². The van der Waals surface area contributed by atoms with Gasteiger partial charge in [0.2, 0.25) is 6.79 Å². The van der Waals surface area contributed by atoms with Crippen LogP contribution in [0, 0.1) is 0 Å². The molecule has 4 rings (SSSR count). The van der Waals surface area contributed by atoms with Gasteiger partial charge in [0.15, 0.2) is 11.5 Å². The number of carbonyl (C=O) groups is 1. The summed E-state index contributed by atoms with van der Waals surface area (Å²) in [6.07, 6.45) is 2.62. The zero-order valence-corrected chi connectivity index (χ0v) is 13.4. The van der Waals surface area contributed by atoms with E-state index in [1.54, 1.807) is 0 Å². The molecule has 0 aliphatic carbocycles. The van der Waals surface area contributed by atoms with Crippen LogP contribution in [0.5, 0.6) is 11.5 Å². The molecule has 0 unspecified atom stereocenters. The van der Waals surface area contributed by atoms with Gasteiger partial charge >= 0.3 is 0 Å². The van der Waals surface area contributed by atoms with Crippen LogP contribution in [-0.2, 0) is 13.5 Å². The zero-order chi connectivity index (χ0) is 16.5. The van der Waals surface area contributed by atoms with Gasteiger partial charge in [0.05, 0.1) is 5.56 Å². The fourth-order valence-electron chi connectivity index (χ4n) is 3.03. The van der Waals surface area contributed by atoms with Gasteiger partial charge in [0, 0.05) is 30.7 Å². The van der Waals surface area contributed by atoms with Crippen LogP contribution in [0.4, 0.5) is 0 Å². The number of para-hydroxylation sites is 1. The van der Waals surface area contributed by atoms with E-state index in [9.17, 15) is 4.79 Å². The highest BCUT2D eigenvalue weighted by atomic mass is 16.7. The lowest BCUT2D eigenvalue weighted by atomic mass is 10.1. The van der Waals surface area contributed by atoms with Crippen molar-refractivity contribution in [2.75, 3.05) is 13.3 Å². The van der Waals surface area contributed by atoms with Gasteiger partial charge in [-0.25, -0.2) is 0 Å². The van der Waals surface area contributed by atoms with Gasteiger partial charge < -0.3 is 19.4 Å². The fraction of sp³-hybridized carbons (Fsp3) is 0.211. The molecular formula is C19H18N2O3. The van der Waals surface area contributed by atoms with Crippen LogP contribution in [0.15, 0.2) is 48.7 Å². The summed E-state index contributed by atoms with van der Waals surface area (Å²) in [6.45, 7) is 0.846. The minimum absolute atomic E-state index is 0.0486. The Morgan fingerprint density at radius 2 is 2.00 bits per heavy atom. The fourth-order valence-corrected chi connectivity index (χ4v) is 3.03. The first-order valence-electron chi connectivity index (χ1n) is 7.93. The topological polar surface area (TPSA) is 52.5 Å². The second-order valence-electron chi connectivity index (χ2n) is 5.86. The number of nitrogens with zero attached hydrogens (tertiary/aromatic N) is 1. The monoisotopic (exact) mass is 322 g/mol. The average molecular weight is 322 g/mol. The van der Waals surface area contributed by atoms with Crippen molar-refractivity contribution in [3.8, 4) is 11.5 Å². The van der Waals surface area contributed by atoms with Crippen LogP contribution in [0.25, 0.3) is 10.9 Å². The number of fused-ring (bicyclic) bond motifs is 2. The molecule has 1 amide bonds. The van der Waals surface area contributed by atoms with Gasteiger partial charge in [-0.1, -0.05) is 24.3 Å². The first-order valence-corrected chi connectivity index (χ1v) is 7.93. The van der Waals surface area contributed by atoms with E-state index in [1.807, 2.05) is 60.3 Å². The lowest BCUT2D eigenvalue weighted by Gasteiger charge is -2.05. The third kappa shape index (κ3) is 2.58. The first kappa shape index (κ1) is 14.6. The molecule has 0 spiro atoms. The summed E-state index contributed by atoms with van der Waals surface area (Å²) in [7, 11) is 1.95. The van der Waals surface area contributed by atoms with E-state index in [-0.39, 0.29) is 12.7 Å². The Morgan fingerprint density at radius 3 is 2.92 bits per heavy atom. The van der Waals surface area contributed by atoms with Crippen molar-refractivity contribution >= 4 is 16.8 Å². The standard InChI is InChI=1S/C19H18N2O3/c1-21-11-15(14-4-2-3-5-16(14)21)19(22)20-9-8-13-6-7-17-18(10-13)24-12-23-17/h2-7,10-11H,8-9,12H2,1H3,(H,20,22). The SMILES string of the molecule is Cn1cc(C(=O)NCCc2ccc3c(c2)OCO3)c2ccccc21. The van der Waals surface area contributed by atoms with Crippen molar-refractivity contribution in [3.63, 3.8) is 0 Å². The Hall–Kier alpha value is -2.95. The summed E-state index contributed by atoms with van der Waals surface area (Å²) in [5.41, 5.74) is 2.87. The van der Waals surface area contributed by atoms with Crippen molar-refractivity contribution in [2.24, 2.45) is 7.05 Å². The van der Waals surface area contributed by atoms with E-state index < -0.39 is 0 Å². The van der Waals surface area contributed by atoms with E-state index in [1.165, 1.54) is 0 Å². The van der Waals surface area contributed by atoms with Crippen molar-refractivity contribution < 1.29 is 14.3 Å². The van der Waals surface area contributed by atoms with Gasteiger partial charge in [-0.3, -0.25) is 4.79 Å². The molecule has 0 atom stereocenters. The molecule has 2 aromatic carbocycles. The molecular weight excluding hydrogens is 304 g/mol. The van der Waals surface area contributed by atoms with Crippen molar-refractivity contribution in [1.82, 2.24) is 9.88 Å². The lowest BCUT2D eigenvalue weighted by molar-refractivity contribution is 0.0955. The number of benzene rings is 2. The maximum Gasteiger partial charge on any atom is 0.253 e. The highest BCUT2D eigenvalue weighted by Gasteiger charge is 2.15. The lowest BCUT2D eigenvalue weighted by Crippen LogP contribution is -2.25. The smallest absolute Gasteiger partial charge is 0.253 e. The van der Waals surface area contributed by atoms with Gasteiger partial charge in [-0.15, -0.1) is 0 Å². The first-order chi connectivity index (χ1) is 11.7. The number of nitrogens with one attached hydrogen (secondary N) is 1. The number of ether oxygens (including phenoxy) is 2. The van der Waals surface area contributed by atoms with Crippen molar-refractivity contribution in [2.45, 2.75) is 6.42 Å². The summed E-state index contributed by atoms with van der Waals surface area (Å²) in [6, 6.07) is 13.8. The van der Waals surface area contributed by atoms with Gasteiger partial charge in [0.1, 0.15) is 0 Å². The molecule has 0 bridgehead atoms. The molecule has 1 aliphatic rings. The molecule has 122 valence electrons. The predicted octanol–water partition coefficient (Wildman–Crippen LogP) is 2.88. The second kappa shape index (κ2) is 5.92. The predicted molar refractivity (Wildman–Crippen MR) is 91.5 cm³/mol. The number of hydrogen-bond donors (Lipinski definition) is 1. The summed E-state index contributed by atoms with van der Waals surface area (Å²) < 4.78 is 12.7. The van der Waals surface area contributed by atoms with Crippen molar-refractivity contribution in [1.29, 1.82) is 0 Å². The van der Waals surface area contributed by atoms with Gasteiger partial charge in [-0.05, 0) is 30.2 Å². The summed E-state index contributed by atoms with van der Waals surface area (Å²) in [5, 5.41) is 3.97. The molecule has 5 heteroatoms. The minimum atomic E-state index is -0.0486. The number of aromatic nitrogens is 1. The second-order valence-corrected chi connectivity index (χ2v) is 5.86. The quantitative estimate of drug-likeness (QED) is 0.803. The van der Waals surface area contributed by atoms with Crippen LogP contribution in [-0.4, -0.2) is 23.8 Å². The Kier molecular flexibility index (Phi) is 3.61. The molecule has 2 heterocycles. The third-order valence-corrected chi connectivity index (χ3v) is 4.28. The number of carbonyl (C=O) groups excluding carboxylic acids is 1. The summed E-state index contributed by atoms with van der Waals surface area (Å²) >= 11 is 0. The normalized spacial score (nSPS) is 12.5. The maximum absolute atomic E-state index is 12.5. The highest BCUT2D eigenvalue weighted by Crippen LogP contribution is 2.32. The van der Waals surface area contributed by atoms with E-state index in [4.69, 9.17) is 9.47 Å². The van der Waals surface area contributed by atoms with Crippen LogP contribution in [0.3, 0.4) is 0 Å². The molecule has 3 aromatic rings. The molecule has 0 radical (unpaired) electrons. The molecule has 0 saturated carbocycles. The van der Waals surface area contributed by atoms with Gasteiger partial charge in [0.25, 0.3) is 5.91 Å². The summed E-state index contributed by atoms with van der Waals surface area (Å²) in [4.78, 5) is 12.5. The number of amides is 1. The van der Waals surface area contributed by atoms with Gasteiger partial charge in [-0.2, -0.15) is 0 Å². The minimum Gasteiger partial charge on any atom is -0.454 e. The number of rotatable bonds is 4. The largest absolute Gasteiger partial charge is 0.454 e. The average Bonchev–Trinajstić information content (AvgIpc) is 3.19. The molecule has 0 fully saturated rings. The molecule has 1 aliphatic heterocycles. The zero-order valence-electron chi connectivity index (χ0n) is 13.4. The third-order valence-electron chi connectivity index (χ3n) is 4.28. The van der Waals surface area contributed by atoms with E-state index in [0.717, 1.165) is 34.4 Å². The van der Waals surface area contributed by atoms with Crippen LogP contribution >= 0.6 is 0 Å². The van der Waals surface area contributed by atoms with E-state index in [0.29, 0.717) is 12.1 Å². The van der Waals surface area contributed by atoms with Crippen molar-refractivity contribution in [3.05, 3.63) is 59.8 Å². The Balaban J connectivity index is 1.43. The summed E-state index contributed by atoms with van der Waals surface area (Å²) in [5.74, 6) is 1.50. The molecule has 24 heavy (non-hydrogen) atoms. The Morgan fingerprint density at radius 1 is 1.17 bits per heavy atom. The van der Waals surface area contributed by atoms with E-state index >= 15 is 0 Å². The van der Waals surface area contributed by atoms with Crippen LogP contribution in [0.1, 0.15) is 15.9 Å². The maximum atomic E-state index is 12.5. The highest BCUT2D eigenvalue weighted by molar-refractivity contribution is 6.06. The molecule has 5 nitrogen and oxygen atoms in total. The van der Waals surface area contributed by atoms with Crippen LogP contribution in [0.2, 0.25) is 0 Å². The van der Waals surface area contributed by atoms with Crippen LogP contribution < -0.4 is 14.8 Å². The molecule has 1 aromatic heterocycles. The molecule has 1 N–H and O–H groups in total. The Bertz CT molecular complexity index is 914. The van der Waals surface area contributed by atoms with E-state index in [2.05, 4.69) is 5.32 Å².